The molecule has 3 aromatic rings. The minimum absolute atomic E-state index is 0.167. The molecular formula is C18H12Cl2N4O2. The van der Waals surface area contributed by atoms with E-state index in [1.165, 1.54) is 6.07 Å². The maximum absolute atomic E-state index is 12.0. The number of nitrogens with zero attached hydrogens (tertiary/aromatic N) is 3. The largest absolute Gasteiger partial charge is 0.339 e. The summed E-state index contributed by atoms with van der Waals surface area (Å²) in [5.74, 6) is 0.580. The Morgan fingerprint density at radius 3 is 2.65 bits per heavy atom. The summed E-state index contributed by atoms with van der Waals surface area (Å²) in [5.41, 5.74) is 1.65. The Labute approximate surface area is 159 Å². The van der Waals surface area contributed by atoms with Gasteiger partial charge in [-0.25, -0.2) is 0 Å². The fraction of sp³-hybridized carbons (Fsp3) is 0.111. The SMILES string of the molecule is N#Cc1ccc(NC(=O)CCc2nc(-c3ccc(Cl)cc3)no2)cc1Cl. The van der Waals surface area contributed by atoms with E-state index in [1.807, 2.05) is 6.07 Å². The van der Waals surface area contributed by atoms with E-state index in [4.69, 9.17) is 33.0 Å². The molecule has 6 nitrogen and oxygen atoms in total. The highest BCUT2D eigenvalue weighted by atomic mass is 35.5. The highest BCUT2D eigenvalue weighted by molar-refractivity contribution is 6.32. The van der Waals surface area contributed by atoms with Gasteiger partial charge in [-0.3, -0.25) is 4.79 Å². The average Bonchev–Trinajstić information content (AvgIpc) is 3.10. The molecule has 0 fully saturated rings. The summed E-state index contributed by atoms with van der Waals surface area (Å²) in [6.07, 6.45) is 0.469. The zero-order valence-electron chi connectivity index (χ0n) is 13.4. The molecule has 0 saturated heterocycles. The summed E-state index contributed by atoms with van der Waals surface area (Å²) in [6, 6.07) is 13.7. The topological polar surface area (TPSA) is 91.8 Å². The Balaban J connectivity index is 1.57. The van der Waals surface area contributed by atoms with Crippen LogP contribution in [-0.2, 0) is 11.2 Å². The molecule has 1 amide bonds. The van der Waals surface area contributed by atoms with Gasteiger partial charge in [0, 0.05) is 29.1 Å². The molecule has 1 heterocycles. The van der Waals surface area contributed by atoms with Crippen LogP contribution in [0.1, 0.15) is 17.9 Å². The lowest BCUT2D eigenvalue weighted by molar-refractivity contribution is -0.116. The molecule has 2 aromatic carbocycles. The smallest absolute Gasteiger partial charge is 0.227 e. The third-order valence-electron chi connectivity index (χ3n) is 3.51. The van der Waals surface area contributed by atoms with Crippen LogP contribution >= 0.6 is 23.2 Å². The number of aromatic nitrogens is 2. The van der Waals surface area contributed by atoms with E-state index >= 15 is 0 Å². The number of nitriles is 1. The summed E-state index contributed by atoms with van der Waals surface area (Å²) in [6.45, 7) is 0. The van der Waals surface area contributed by atoms with E-state index in [0.29, 0.717) is 34.4 Å². The van der Waals surface area contributed by atoms with Gasteiger partial charge in [0.05, 0.1) is 10.6 Å². The Hall–Kier alpha value is -2.88. The van der Waals surface area contributed by atoms with E-state index < -0.39 is 0 Å². The molecule has 0 atom stereocenters. The van der Waals surface area contributed by atoms with Crippen molar-refractivity contribution in [2.45, 2.75) is 12.8 Å². The van der Waals surface area contributed by atoms with E-state index in [1.54, 1.807) is 36.4 Å². The fourth-order valence-corrected chi connectivity index (χ4v) is 2.55. The predicted octanol–water partition coefficient (Wildman–Crippen LogP) is 4.49. The minimum Gasteiger partial charge on any atom is -0.339 e. The van der Waals surface area contributed by atoms with Crippen molar-refractivity contribution in [2.24, 2.45) is 0 Å². The van der Waals surface area contributed by atoms with Crippen molar-refractivity contribution in [3.63, 3.8) is 0 Å². The first-order chi connectivity index (χ1) is 12.5. The van der Waals surface area contributed by atoms with E-state index in [0.717, 1.165) is 5.56 Å². The molecule has 1 N–H and O–H groups in total. The summed E-state index contributed by atoms with van der Waals surface area (Å²) in [7, 11) is 0. The van der Waals surface area contributed by atoms with Gasteiger partial charge in [-0.2, -0.15) is 10.2 Å². The van der Waals surface area contributed by atoms with Crippen molar-refractivity contribution in [1.29, 1.82) is 5.26 Å². The van der Waals surface area contributed by atoms with Gasteiger partial charge in [0.25, 0.3) is 0 Å². The monoisotopic (exact) mass is 386 g/mol. The Morgan fingerprint density at radius 1 is 1.19 bits per heavy atom. The van der Waals surface area contributed by atoms with Crippen LogP contribution in [0.5, 0.6) is 0 Å². The molecule has 3 rings (SSSR count). The molecule has 0 radical (unpaired) electrons. The molecule has 0 unspecified atom stereocenters. The van der Waals surface area contributed by atoms with Crippen LogP contribution in [0.4, 0.5) is 5.69 Å². The van der Waals surface area contributed by atoms with Gasteiger partial charge in [0.15, 0.2) is 0 Å². The summed E-state index contributed by atoms with van der Waals surface area (Å²) < 4.78 is 5.17. The van der Waals surface area contributed by atoms with Gasteiger partial charge in [-0.15, -0.1) is 0 Å². The molecule has 0 bridgehead atoms. The maximum atomic E-state index is 12.0. The first-order valence-electron chi connectivity index (χ1n) is 7.63. The van der Waals surface area contributed by atoms with E-state index in [9.17, 15) is 4.79 Å². The van der Waals surface area contributed by atoms with Crippen molar-refractivity contribution in [2.75, 3.05) is 5.32 Å². The lowest BCUT2D eigenvalue weighted by atomic mass is 10.2. The van der Waals surface area contributed by atoms with Gasteiger partial charge in [0.2, 0.25) is 17.6 Å². The summed E-state index contributed by atoms with van der Waals surface area (Å²) in [4.78, 5) is 16.3. The summed E-state index contributed by atoms with van der Waals surface area (Å²) >= 11 is 11.8. The molecule has 130 valence electrons. The predicted molar refractivity (Wildman–Crippen MR) is 97.9 cm³/mol. The standard InChI is InChI=1S/C18H12Cl2N4O2/c19-13-4-1-11(2-5-13)18-23-17(26-24-18)8-7-16(25)22-14-6-3-12(10-21)15(20)9-14/h1-6,9H,7-8H2,(H,22,25). The molecule has 0 saturated carbocycles. The van der Waals surface area contributed by atoms with Gasteiger partial charge in [-0.05, 0) is 42.5 Å². The number of nitrogens with one attached hydrogen (secondary N) is 1. The van der Waals surface area contributed by atoms with Crippen molar-refractivity contribution < 1.29 is 9.32 Å². The number of amides is 1. The number of carbonyl (C=O) groups is 1. The fourth-order valence-electron chi connectivity index (χ4n) is 2.20. The number of hydrogen-bond donors (Lipinski definition) is 1. The van der Waals surface area contributed by atoms with Gasteiger partial charge < -0.3 is 9.84 Å². The van der Waals surface area contributed by atoms with Crippen LogP contribution in [0.15, 0.2) is 47.0 Å². The van der Waals surface area contributed by atoms with Crippen molar-refractivity contribution >= 4 is 34.8 Å². The molecule has 0 spiro atoms. The number of aryl methyl sites for hydroxylation is 1. The maximum Gasteiger partial charge on any atom is 0.227 e. The van der Waals surface area contributed by atoms with E-state index in [-0.39, 0.29) is 17.4 Å². The van der Waals surface area contributed by atoms with Crippen molar-refractivity contribution in [3.8, 4) is 17.5 Å². The average molecular weight is 387 g/mol. The zero-order chi connectivity index (χ0) is 18.5. The Kier molecular flexibility index (Phi) is 5.52. The highest BCUT2D eigenvalue weighted by Crippen LogP contribution is 2.21. The molecule has 8 heteroatoms. The lowest BCUT2D eigenvalue weighted by Crippen LogP contribution is -2.12. The number of halogens is 2. The van der Waals surface area contributed by atoms with Gasteiger partial charge in [-0.1, -0.05) is 28.4 Å². The van der Waals surface area contributed by atoms with Crippen molar-refractivity contribution in [1.82, 2.24) is 10.1 Å². The number of benzene rings is 2. The van der Waals surface area contributed by atoms with Crippen LogP contribution in [-0.4, -0.2) is 16.0 Å². The first-order valence-corrected chi connectivity index (χ1v) is 8.39. The normalized spacial score (nSPS) is 10.3. The molecular weight excluding hydrogens is 375 g/mol. The second kappa shape index (κ2) is 8.00. The first kappa shape index (κ1) is 17.9. The quantitative estimate of drug-likeness (QED) is 0.697. The molecule has 0 aliphatic heterocycles. The van der Waals surface area contributed by atoms with Gasteiger partial charge >= 0.3 is 0 Å². The van der Waals surface area contributed by atoms with Crippen LogP contribution in [0, 0.1) is 11.3 Å². The second-order valence-corrected chi connectivity index (χ2v) is 6.22. The van der Waals surface area contributed by atoms with E-state index in [2.05, 4.69) is 15.5 Å². The highest BCUT2D eigenvalue weighted by Gasteiger charge is 2.11. The van der Waals surface area contributed by atoms with Crippen LogP contribution < -0.4 is 5.32 Å². The van der Waals surface area contributed by atoms with Crippen molar-refractivity contribution in [3.05, 3.63) is 64.0 Å². The second-order valence-electron chi connectivity index (χ2n) is 5.37. The number of carbonyl (C=O) groups excluding carboxylic acids is 1. The molecule has 0 aliphatic carbocycles. The lowest BCUT2D eigenvalue weighted by Gasteiger charge is -2.05. The number of rotatable bonds is 5. The summed E-state index contributed by atoms with van der Waals surface area (Å²) in [5, 5.41) is 16.4. The number of hydrogen-bond acceptors (Lipinski definition) is 5. The third kappa shape index (κ3) is 4.39. The van der Waals surface area contributed by atoms with Crippen LogP contribution in [0.2, 0.25) is 10.0 Å². The molecule has 1 aromatic heterocycles. The Morgan fingerprint density at radius 2 is 1.96 bits per heavy atom. The number of anilines is 1. The van der Waals surface area contributed by atoms with Gasteiger partial charge in [0.1, 0.15) is 6.07 Å². The zero-order valence-corrected chi connectivity index (χ0v) is 14.9. The minimum atomic E-state index is -0.225. The van der Waals surface area contributed by atoms with Crippen LogP contribution in [0.3, 0.4) is 0 Å². The third-order valence-corrected chi connectivity index (χ3v) is 4.07. The van der Waals surface area contributed by atoms with Crippen LogP contribution in [0.25, 0.3) is 11.4 Å². The Bertz CT molecular complexity index is 978. The molecule has 26 heavy (non-hydrogen) atoms. The molecule has 0 aliphatic rings.